The predicted molar refractivity (Wildman–Crippen MR) is 101 cm³/mol. The van der Waals surface area contributed by atoms with Crippen LogP contribution in [0.25, 0.3) is 11.4 Å². The first kappa shape index (κ1) is 22.5. The fourth-order valence-electron chi connectivity index (χ4n) is 2.24. The van der Waals surface area contributed by atoms with Crippen LogP contribution < -0.4 is 25.3 Å². The summed E-state index contributed by atoms with van der Waals surface area (Å²) in [6, 6.07) is 2.83. The van der Waals surface area contributed by atoms with Gasteiger partial charge in [0.25, 0.3) is 0 Å². The smallest absolute Gasteiger partial charge is 0.246 e. The van der Waals surface area contributed by atoms with E-state index in [1.165, 1.54) is 21.3 Å². The van der Waals surface area contributed by atoms with Gasteiger partial charge in [-0.05, 0) is 18.1 Å². The number of nitrogens with one attached hydrogen (secondary N) is 1. The SMILES string of the molecule is COc1cc(-c2noc(CNC(=O)[C@@H](N)C(C)C)n2)cc(OC)c1OC.Cl. The molecule has 1 amide bonds. The minimum atomic E-state index is -0.590. The third kappa shape index (κ3) is 5.24. The first-order chi connectivity index (χ1) is 12.4. The third-order valence-electron chi connectivity index (χ3n) is 3.83. The van der Waals surface area contributed by atoms with Crippen molar-refractivity contribution in [2.24, 2.45) is 11.7 Å². The molecular formula is C17H25ClN4O5. The second kappa shape index (κ2) is 9.98. The Labute approximate surface area is 164 Å². The number of benzene rings is 1. The number of hydrogen-bond donors (Lipinski definition) is 2. The van der Waals surface area contributed by atoms with E-state index >= 15 is 0 Å². The Morgan fingerprint density at radius 3 is 2.26 bits per heavy atom. The molecule has 2 aromatic rings. The van der Waals surface area contributed by atoms with Gasteiger partial charge in [-0.1, -0.05) is 19.0 Å². The van der Waals surface area contributed by atoms with Crippen molar-refractivity contribution in [3.63, 3.8) is 0 Å². The summed E-state index contributed by atoms with van der Waals surface area (Å²) in [6.07, 6.45) is 0. The molecule has 10 heteroatoms. The predicted octanol–water partition coefficient (Wildman–Crippen LogP) is 1.78. The lowest BCUT2D eigenvalue weighted by Crippen LogP contribution is -2.43. The van der Waals surface area contributed by atoms with Gasteiger partial charge in [0.1, 0.15) is 0 Å². The Bertz CT molecular complexity index is 741. The highest BCUT2D eigenvalue weighted by Crippen LogP contribution is 2.40. The first-order valence-corrected chi connectivity index (χ1v) is 8.07. The lowest BCUT2D eigenvalue weighted by atomic mass is 10.1. The van der Waals surface area contributed by atoms with Crippen molar-refractivity contribution < 1.29 is 23.5 Å². The number of nitrogens with zero attached hydrogens (tertiary/aromatic N) is 2. The van der Waals surface area contributed by atoms with Crippen molar-refractivity contribution in [1.82, 2.24) is 15.5 Å². The van der Waals surface area contributed by atoms with E-state index in [0.29, 0.717) is 28.6 Å². The molecule has 0 unspecified atom stereocenters. The van der Waals surface area contributed by atoms with Gasteiger partial charge in [0.15, 0.2) is 11.5 Å². The number of carbonyl (C=O) groups is 1. The summed E-state index contributed by atoms with van der Waals surface area (Å²) in [6.45, 7) is 3.84. The van der Waals surface area contributed by atoms with E-state index in [1.54, 1.807) is 12.1 Å². The Balaban J connectivity index is 0.00000364. The monoisotopic (exact) mass is 400 g/mol. The van der Waals surface area contributed by atoms with E-state index in [2.05, 4.69) is 15.5 Å². The maximum atomic E-state index is 11.9. The lowest BCUT2D eigenvalue weighted by molar-refractivity contribution is -0.123. The summed E-state index contributed by atoms with van der Waals surface area (Å²) in [5, 5.41) is 6.61. The van der Waals surface area contributed by atoms with Crippen LogP contribution in [0.2, 0.25) is 0 Å². The lowest BCUT2D eigenvalue weighted by Gasteiger charge is -2.14. The molecule has 0 aliphatic heterocycles. The molecular weight excluding hydrogens is 376 g/mol. The van der Waals surface area contributed by atoms with Crippen LogP contribution in [0, 0.1) is 5.92 Å². The zero-order chi connectivity index (χ0) is 19.3. The standard InChI is InChI=1S/C17H24N4O5.ClH/c1-9(2)14(18)17(22)19-8-13-20-16(21-26-13)10-6-11(23-3)15(25-5)12(7-10)24-4;/h6-7,9,14H,8,18H2,1-5H3,(H,19,22);1H/t14-;/m0./s1. The van der Waals surface area contributed by atoms with Crippen LogP contribution in [0.5, 0.6) is 17.2 Å². The maximum Gasteiger partial charge on any atom is 0.246 e. The molecule has 0 aliphatic carbocycles. The van der Waals surface area contributed by atoms with Gasteiger partial charge < -0.3 is 29.8 Å². The summed E-state index contributed by atoms with van der Waals surface area (Å²) in [4.78, 5) is 16.2. The average molecular weight is 401 g/mol. The number of halogens is 1. The van der Waals surface area contributed by atoms with E-state index in [4.69, 9.17) is 24.5 Å². The van der Waals surface area contributed by atoms with E-state index in [-0.39, 0.29) is 36.7 Å². The highest BCUT2D eigenvalue weighted by molar-refractivity contribution is 5.85. The van der Waals surface area contributed by atoms with Gasteiger partial charge in [0.05, 0.1) is 33.9 Å². The Morgan fingerprint density at radius 2 is 1.78 bits per heavy atom. The van der Waals surface area contributed by atoms with Crippen LogP contribution in [0.1, 0.15) is 19.7 Å². The van der Waals surface area contributed by atoms with Crippen molar-refractivity contribution in [2.45, 2.75) is 26.4 Å². The minimum absolute atomic E-state index is 0. The van der Waals surface area contributed by atoms with Gasteiger partial charge in [-0.15, -0.1) is 12.4 Å². The number of carbonyl (C=O) groups excluding carboxylic acids is 1. The van der Waals surface area contributed by atoms with E-state index in [9.17, 15) is 4.79 Å². The maximum absolute atomic E-state index is 11.9. The Hall–Kier alpha value is -2.52. The zero-order valence-corrected chi connectivity index (χ0v) is 16.8. The molecule has 1 aromatic heterocycles. The van der Waals surface area contributed by atoms with Gasteiger partial charge in [-0.2, -0.15) is 4.98 Å². The average Bonchev–Trinajstić information content (AvgIpc) is 3.12. The fourth-order valence-corrected chi connectivity index (χ4v) is 2.24. The van der Waals surface area contributed by atoms with Crippen LogP contribution in [-0.4, -0.2) is 43.4 Å². The quantitative estimate of drug-likeness (QED) is 0.687. The number of ether oxygens (including phenoxy) is 3. The first-order valence-electron chi connectivity index (χ1n) is 8.07. The Morgan fingerprint density at radius 1 is 1.19 bits per heavy atom. The molecule has 9 nitrogen and oxygen atoms in total. The van der Waals surface area contributed by atoms with Crippen molar-refractivity contribution in [3.8, 4) is 28.6 Å². The van der Waals surface area contributed by atoms with Gasteiger partial charge in [0, 0.05) is 5.56 Å². The number of nitrogens with two attached hydrogens (primary N) is 1. The second-order valence-corrected chi connectivity index (χ2v) is 5.91. The third-order valence-corrected chi connectivity index (χ3v) is 3.83. The largest absolute Gasteiger partial charge is 0.493 e. The van der Waals surface area contributed by atoms with E-state index in [1.807, 2.05) is 13.8 Å². The molecule has 0 spiro atoms. The molecule has 0 saturated heterocycles. The molecule has 27 heavy (non-hydrogen) atoms. The Kier molecular flexibility index (Phi) is 8.32. The molecule has 3 N–H and O–H groups in total. The van der Waals surface area contributed by atoms with Crippen LogP contribution in [0.4, 0.5) is 0 Å². The number of aromatic nitrogens is 2. The van der Waals surface area contributed by atoms with Gasteiger partial charge >= 0.3 is 0 Å². The molecule has 0 aliphatic rings. The van der Waals surface area contributed by atoms with Gasteiger partial charge in [-0.3, -0.25) is 4.79 Å². The fraction of sp³-hybridized carbons (Fsp3) is 0.471. The molecule has 0 fully saturated rings. The minimum Gasteiger partial charge on any atom is -0.493 e. The molecule has 1 heterocycles. The van der Waals surface area contributed by atoms with Crippen molar-refractivity contribution >= 4 is 18.3 Å². The second-order valence-electron chi connectivity index (χ2n) is 5.91. The summed E-state index contributed by atoms with van der Waals surface area (Å²) < 4.78 is 21.1. The van der Waals surface area contributed by atoms with Crippen LogP contribution in [-0.2, 0) is 11.3 Å². The van der Waals surface area contributed by atoms with Crippen molar-refractivity contribution in [1.29, 1.82) is 0 Å². The van der Waals surface area contributed by atoms with Crippen LogP contribution in [0.15, 0.2) is 16.7 Å². The highest BCUT2D eigenvalue weighted by Gasteiger charge is 2.19. The molecule has 0 radical (unpaired) electrons. The van der Waals surface area contributed by atoms with E-state index in [0.717, 1.165) is 0 Å². The van der Waals surface area contributed by atoms with Crippen molar-refractivity contribution in [2.75, 3.05) is 21.3 Å². The van der Waals surface area contributed by atoms with Crippen LogP contribution in [0.3, 0.4) is 0 Å². The topological polar surface area (TPSA) is 122 Å². The molecule has 0 bridgehead atoms. The highest BCUT2D eigenvalue weighted by atomic mass is 35.5. The van der Waals surface area contributed by atoms with Gasteiger partial charge in [0.2, 0.25) is 23.4 Å². The summed E-state index contributed by atoms with van der Waals surface area (Å²) in [5.74, 6) is 1.78. The number of amides is 1. The molecule has 150 valence electrons. The normalized spacial score (nSPS) is 11.5. The summed E-state index contributed by atoms with van der Waals surface area (Å²) in [7, 11) is 4.57. The van der Waals surface area contributed by atoms with Crippen molar-refractivity contribution in [3.05, 3.63) is 18.0 Å². The molecule has 0 saturated carbocycles. The van der Waals surface area contributed by atoms with Gasteiger partial charge in [-0.25, -0.2) is 0 Å². The molecule has 2 rings (SSSR count). The van der Waals surface area contributed by atoms with Crippen LogP contribution >= 0.6 is 12.4 Å². The zero-order valence-electron chi connectivity index (χ0n) is 15.9. The summed E-state index contributed by atoms with van der Waals surface area (Å²) in [5.41, 5.74) is 6.42. The molecule has 1 aromatic carbocycles. The number of hydrogen-bond acceptors (Lipinski definition) is 8. The van der Waals surface area contributed by atoms with E-state index < -0.39 is 6.04 Å². The number of methoxy groups -OCH3 is 3. The number of rotatable bonds is 8. The molecule has 1 atom stereocenters. The summed E-state index contributed by atoms with van der Waals surface area (Å²) >= 11 is 0.